The maximum atomic E-state index is 9.29. The molecule has 5 heteroatoms. The van der Waals surface area contributed by atoms with Crippen LogP contribution in [0.1, 0.15) is 18.2 Å². The lowest BCUT2D eigenvalue weighted by Crippen LogP contribution is -2.45. The first-order chi connectivity index (χ1) is 11.2. The van der Waals surface area contributed by atoms with E-state index in [9.17, 15) is 5.26 Å². The zero-order valence-corrected chi connectivity index (χ0v) is 13.7. The molecular formula is C18H21N5. The van der Waals surface area contributed by atoms with E-state index in [1.807, 2.05) is 0 Å². The minimum Gasteiger partial charge on any atom is -0.338 e. The molecule has 3 rings (SSSR count). The van der Waals surface area contributed by atoms with Crippen LogP contribution in [0.25, 0.3) is 11.3 Å². The van der Waals surface area contributed by atoms with Crippen LogP contribution in [0.5, 0.6) is 0 Å². The molecule has 1 aromatic carbocycles. The van der Waals surface area contributed by atoms with E-state index < -0.39 is 0 Å². The Labute approximate surface area is 137 Å². The van der Waals surface area contributed by atoms with Crippen molar-refractivity contribution in [2.45, 2.75) is 13.3 Å². The molecule has 0 aliphatic carbocycles. The fraction of sp³-hybridized carbons (Fsp3) is 0.389. The summed E-state index contributed by atoms with van der Waals surface area (Å²) in [7, 11) is 2.12. The van der Waals surface area contributed by atoms with E-state index >= 15 is 0 Å². The molecule has 0 atom stereocenters. The standard InChI is InChI=1S/C18H21N5/c1-3-14-4-6-15(7-5-14)17-12-16(13-19)20-18(21-17)23-10-8-22(2)9-11-23/h4-7,12H,3,8-11H2,1-2H3. The number of nitrogens with zero attached hydrogens (tertiary/aromatic N) is 5. The molecule has 118 valence electrons. The molecule has 2 heterocycles. The predicted molar refractivity (Wildman–Crippen MR) is 91.3 cm³/mol. The SMILES string of the molecule is CCc1ccc(-c2cc(C#N)nc(N3CCN(C)CC3)n2)cc1. The number of nitriles is 1. The van der Waals surface area contributed by atoms with Gasteiger partial charge in [0, 0.05) is 37.8 Å². The molecule has 0 unspecified atom stereocenters. The van der Waals surface area contributed by atoms with Crippen molar-refractivity contribution in [2.24, 2.45) is 0 Å². The molecule has 0 bridgehead atoms. The number of aryl methyl sites for hydroxylation is 1. The summed E-state index contributed by atoms with van der Waals surface area (Å²) in [5, 5.41) is 9.29. The Morgan fingerprint density at radius 3 is 2.39 bits per heavy atom. The average Bonchev–Trinajstić information content (AvgIpc) is 2.62. The molecule has 1 aromatic heterocycles. The maximum Gasteiger partial charge on any atom is 0.227 e. The zero-order valence-electron chi connectivity index (χ0n) is 13.7. The van der Waals surface area contributed by atoms with Gasteiger partial charge in [-0.1, -0.05) is 31.2 Å². The van der Waals surface area contributed by atoms with Gasteiger partial charge in [0.15, 0.2) is 0 Å². The Bertz CT molecular complexity index is 709. The number of likely N-dealkylation sites (N-methyl/N-ethyl adjacent to an activating group) is 1. The van der Waals surface area contributed by atoms with E-state index in [1.165, 1.54) is 5.56 Å². The van der Waals surface area contributed by atoms with Gasteiger partial charge >= 0.3 is 0 Å². The van der Waals surface area contributed by atoms with Crippen molar-refractivity contribution in [3.63, 3.8) is 0 Å². The Morgan fingerprint density at radius 1 is 1.09 bits per heavy atom. The van der Waals surface area contributed by atoms with Crippen LogP contribution in [0.15, 0.2) is 30.3 Å². The Hall–Kier alpha value is -2.45. The quantitative estimate of drug-likeness (QED) is 0.871. The van der Waals surface area contributed by atoms with Crippen LogP contribution in [0.3, 0.4) is 0 Å². The number of rotatable bonds is 3. The van der Waals surface area contributed by atoms with Crippen LogP contribution in [0.4, 0.5) is 5.95 Å². The summed E-state index contributed by atoms with van der Waals surface area (Å²) in [5.74, 6) is 0.659. The lowest BCUT2D eigenvalue weighted by molar-refractivity contribution is 0.311. The van der Waals surface area contributed by atoms with Crippen molar-refractivity contribution >= 4 is 5.95 Å². The van der Waals surface area contributed by atoms with Crippen molar-refractivity contribution in [2.75, 3.05) is 38.1 Å². The number of anilines is 1. The van der Waals surface area contributed by atoms with Gasteiger partial charge in [-0.25, -0.2) is 9.97 Å². The average molecular weight is 307 g/mol. The number of benzene rings is 1. The van der Waals surface area contributed by atoms with Crippen LogP contribution >= 0.6 is 0 Å². The molecule has 1 saturated heterocycles. The zero-order chi connectivity index (χ0) is 16.2. The van der Waals surface area contributed by atoms with Gasteiger partial charge in [0.05, 0.1) is 5.69 Å². The highest BCUT2D eigenvalue weighted by atomic mass is 15.3. The van der Waals surface area contributed by atoms with Gasteiger partial charge in [0.25, 0.3) is 0 Å². The van der Waals surface area contributed by atoms with Gasteiger partial charge in [-0.05, 0) is 19.0 Å². The van der Waals surface area contributed by atoms with Crippen LogP contribution in [-0.4, -0.2) is 48.1 Å². The first kappa shape index (κ1) is 15.4. The third-order valence-electron chi connectivity index (χ3n) is 4.27. The van der Waals surface area contributed by atoms with Gasteiger partial charge in [-0.15, -0.1) is 0 Å². The molecule has 1 aliphatic heterocycles. The predicted octanol–water partition coefficient (Wildman–Crippen LogP) is 2.33. The summed E-state index contributed by atoms with van der Waals surface area (Å²) in [6.07, 6.45) is 1.01. The highest BCUT2D eigenvalue weighted by molar-refractivity contribution is 5.62. The summed E-state index contributed by atoms with van der Waals surface area (Å²) in [5.41, 5.74) is 3.55. The second-order valence-electron chi connectivity index (χ2n) is 5.89. The Balaban J connectivity index is 1.94. The van der Waals surface area contributed by atoms with Crippen LogP contribution in [0.2, 0.25) is 0 Å². The third-order valence-corrected chi connectivity index (χ3v) is 4.27. The van der Waals surface area contributed by atoms with Crippen LogP contribution in [-0.2, 0) is 6.42 Å². The van der Waals surface area contributed by atoms with Gasteiger partial charge in [0.1, 0.15) is 11.8 Å². The van der Waals surface area contributed by atoms with E-state index in [1.54, 1.807) is 6.07 Å². The molecular weight excluding hydrogens is 286 g/mol. The maximum absolute atomic E-state index is 9.29. The van der Waals surface area contributed by atoms with E-state index in [4.69, 9.17) is 4.98 Å². The highest BCUT2D eigenvalue weighted by Crippen LogP contribution is 2.22. The summed E-state index contributed by atoms with van der Waals surface area (Å²) >= 11 is 0. The van der Waals surface area contributed by atoms with Crippen molar-refractivity contribution < 1.29 is 0 Å². The Morgan fingerprint density at radius 2 is 1.78 bits per heavy atom. The molecule has 0 spiro atoms. The van der Waals surface area contributed by atoms with E-state index in [2.05, 4.69) is 59.1 Å². The number of hydrogen-bond donors (Lipinski definition) is 0. The van der Waals surface area contributed by atoms with E-state index in [0.717, 1.165) is 43.9 Å². The van der Waals surface area contributed by atoms with Crippen LogP contribution < -0.4 is 4.90 Å². The number of piperazine rings is 1. The van der Waals surface area contributed by atoms with E-state index in [0.29, 0.717) is 11.6 Å². The number of aromatic nitrogens is 2. The van der Waals surface area contributed by atoms with Gasteiger partial charge in [-0.2, -0.15) is 5.26 Å². The minimum atomic E-state index is 0.420. The minimum absolute atomic E-state index is 0.420. The summed E-state index contributed by atoms with van der Waals surface area (Å²) in [6.45, 7) is 5.89. The molecule has 0 N–H and O–H groups in total. The first-order valence-corrected chi connectivity index (χ1v) is 8.01. The van der Waals surface area contributed by atoms with Crippen molar-refractivity contribution in [1.82, 2.24) is 14.9 Å². The second-order valence-corrected chi connectivity index (χ2v) is 5.89. The molecule has 0 amide bonds. The third kappa shape index (κ3) is 3.49. The smallest absolute Gasteiger partial charge is 0.227 e. The number of hydrogen-bond acceptors (Lipinski definition) is 5. The topological polar surface area (TPSA) is 56.1 Å². The molecule has 5 nitrogen and oxygen atoms in total. The fourth-order valence-corrected chi connectivity index (χ4v) is 2.70. The highest BCUT2D eigenvalue weighted by Gasteiger charge is 2.18. The molecule has 1 aliphatic rings. The summed E-state index contributed by atoms with van der Waals surface area (Å²) in [6, 6.07) is 12.3. The molecule has 0 radical (unpaired) electrons. The fourth-order valence-electron chi connectivity index (χ4n) is 2.70. The van der Waals surface area contributed by atoms with Crippen molar-refractivity contribution in [3.05, 3.63) is 41.6 Å². The van der Waals surface area contributed by atoms with Gasteiger partial charge < -0.3 is 9.80 Å². The van der Waals surface area contributed by atoms with Gasteiger partial charge in [-0.3, -0.25) is 0 Å². The molecule has 1 fully saturated rings. The largest absolute Gasteiger partial charge is 0.338 e. The van der Waals surface area contributed by atoms with Gasteiger partial charge in [0.2, 0.25) is 5.95 Å². The first-order valence-electron chi connectivity index (χ1n) is 8.01. The lowest BCUT2D eigenvalue weighted by atomic mass is 10.1. The van der Waals surface area contributed by atoms with Crippen molar-refractivity contribution in [1.29, 1.82) is 5.26 Å². The molecule has 0 saturated carbocycles. The summed E-state index contributed by atoms with van der Waals surface area (Å²) < 4.78 is 0. The molecule has 23 heavy (non-hydrogen) atoms. The normalized spacial score (nSPS) is 15.4. The Kier molecular flexibility index (Phi) is 4.54. The second kappa shape index (κ2) is 6.76. The summed E-state index contributed by atoms with van der Waals surface area (Å²) in [4.78, 5) is 13.5. The lowest BCUT2D eigenvalue weighted by Gasteiger charge is -2.32. The van der Waals surface area contributed by atoms with Crippen molar-refractivity contribution in [3.8, 4) is 17.3 Å². The van der Waals surface area contributed by atoms with Crippen LogP contribution in [0, 0.1) is 11.3 Å². The van der Waals surface area contributed by atoms with E-state index in [-0.39, 0.29) is 0 Å². The monoisotopic (exact) mass is 307 g/mol. The molecule has 2 aromatic rings.